The number of anilines is 1. The van der Waals surface area contributed by atoms with Gasteiger partial charge in [-0.25, -0.2) is 0 Å². The predicted octanol–water partition coefficient (Wildman–Crippen LogP) is 2.33. The molecule has 1 heterocycles. The van der Waals surface area contributed by atoms with Crippen molar-refractivity contribution in [2.75, 3.05) is 33.0 Å². The molecule has 1 unspecified atom stereocenters. The number of aliphatic hydroxyl groups excluding tert-OH is 1. The molecule has 5 nitrogen and oxygen atoms in total. The van der Waals surface area contributed by atoms with E-state index in [0.717, 1.165) is 14.6 Å². The summed E-state index contributed by atoms with van der Waals surface area (Å²) in [5, 5.41) is 10.6. The van der Waals surface area contributed by atoms with Crippen molar-refractivity contribution in [3.63, 3.8) is 0 Å². The normalized spacial score (nSPS) is 12.6. The highest BCUT2D eigenvalue weighted by Crippen LogP contribution is 2.38. The van der Waals surface area contributed by atoms with Gasteiger partial charge in [-0.3, -0.25) is 4.79 Å². The number of amides is 1. The first-order valence-corrected chi connectivity index (χ1v) is 7.95. The van der Waals surface area contributed by atoms with E-state index in [0.29, 0.717) is 10.6 Å². The Hall–Kier alpha value is -1.15. The summed E-state index contributed by atoms with van der Waals surface area (Å²) in [6.07, 6.45) is -0.716. The first-order chi connectivity index (χ1) is 9.95. The molecule has 1 aromatic carbocycles. The number of fused-ring (bicyclic) bond motifs is 1. The lowest BCUT2D eigenvalue weighted by Gasteiger charge is -2.20. The number of aliphatic hydroxyl groups is 1. The van der Waals surface area contributed by atoms with E-state index in [2.05, 4.69) is 15.9 Å². The molecule has 114 valence electrons. The van der Waals surface area contributed by atoms with E-state index in [-0.39, 0.29) is 19.1 Å². The quantitative estimate of drug-likeness (QED) is 0.844. The summed E-state index contributed by atoms with van der Waals surface area (Å²) in [6.45, 7) is 0.382. The van der Waals surface area contributed by atoms with Gasteiger partial charge in [0, 0.05) is 35.3 Å². The van der Waals surface area contributed by atoms with Crippen LogP contribution in [0.25, 0.3) is 10.1 Å². The molecule has 7 heteroatoms. The molecule has 1 atom stereocenters. The van der Waals surface area contributed by atoms with Gasteiger partial charge in [-0.1, -0.05) is 22.0 Å². The van der Waals surface area contributed by atoms with Crippen molar-refractivity contribution in [2.24, 2.45) is 0 Å². The van der Waals surface area contributed by atoms with Crippen LogP contribution >= 0.6 is 27.3 Å². The fourth-order valence-corrected chi connectivity index (χ4v) is 3.96. The zero-order chi connectivity index (χ0) is 15.6. The number of methoxy groups -OCH3 is 1. The maximum Gasteiger partial charge on any atom is 0.265 e. The Morgan fingerprint density at radius 2 is 2.29 bits per heavy atom. The Balaban J connectivity index is 2.27. The highest BCUT2D eigenvalue weighted by Gasteiger charge is 2.22. The van der Waals surface area contributed by atoms with Gasteiger partial charge in [-0.05, 0) is 12.1 Å². The Morgan fingerprint density at radius 1 is 1.57 bits per heavy atom. The van der Waals surface area contributed by atoms with Gasteiger partial charge in [0.2, 0.25) is 0 Å². The number of carbonyl (C=O) groups is 1. The van der Waals surface area contributed by atoms with Crippen molar-refractivity contribution in [1.29, 1.82) is 0 Å². The second-order valence-electron chi connectivity index (χ2n) is 4.75. The van der Waals surface area contributed by atoms with Crippen LogP contribution < -0.4 is 5.73 Å². The maximum absolute atomic E-state index is 12.5. The summed E-state index contributed by atoms with van der Waals surface area (Å²) < 4.78 is 6.69. The molecule has 0 aliphatic rings. The van der Waals surface area contributed by atoms with Gasteiger partial charge in [-0.15, -0.1) is 11.3 Å². The number of benzene rings is 1. The summed E-state index contributed by atoms with van der Waals surface area (Å²) >= 11 is 4.81. The van der Waals surface area contributed by atoms with Gasteiger partial charge in [0.15, 0.2) is 0 Å². The monoisotopic (exact) mass is 372 g/mol. The SMILES string of the molecule is COCC(O)CN(C)C(=O)c1sc2cccc(Br)c2c1N. The van der Waals surface area contributed by atoms with Crippen LogP contribution in [0.4, 0.5) is 5.69 Å². The van der Waals surface area contributed by atoms with Crippen molar-refractivity contribution in [3.8, 4) is 0 Å². The van der Waals surface area contributed by atoms with Crippen LogP contribution in [0.1, 0.15) is 9.67 Å². The highest BCUT2D eigenvalue weighted by molar-refractivity contribution is 9.10. The number of hydrogen-bond acceptors (Lipinski definition) is 5. The van der Waals surface area contributed by atoms with Gasteiger partial charge >= 0.3 is 0 Å². The fraction of sp³-hybridized carbons (Fsp3) is 0.357. The first kappa shape index (κ1) is 16.2. The number of rotatable bonds is 5. The third-order valence-electron chi connectivity index (χ3n) is 3.09. The number of ether oxygens (including phenoxy) is 1. The molecule has 0 spiro atoms. The smallest absolute Gasteiger partial charge is 0.265 e. The molecular weight excluding hydrogens is 356 g/mol. The fourth-order valence-electron chi connectivity index (χ4n) is 2.11. The number of halogens is 1. The molecule has 1 amide bonds. The van der Waals surface area contributed by atoms with E-state index in [1.165, 1.54) is 23.3 Å². The Labute approximate surface area is 135 Å². The van der Waals surface area contributed by atoms with Crippen LogP contribution in [0.3, 0.4) is 0 Å². The molecule has 3 N–H and O–H groups in total. The van der Waals surface area contributed by atoms with Crippen LogP contribution in [0, 0.1) is 0 Å². The van der Waals surface area contributed by atoms with Crippen molar-refractivity contribution in [1.82, 2.24) is 4.90 Å². The van der Waals surface area contributed by atoms with Crippen molar-refractivity contribution >= 4 is 48.9 Å². The molecule has 0 radical (unpaired) electrons. The van der Waals surface area contributed by atoms with E-state index < -0.39 is 6.10 Å². The lowest BCUT2D eigenvalue weighted by atomic mass is 10.2. The maximum atomic E-state index is 12.5. The average Bonchev–Trinajstić information content (AvgIpc) is 2.76. The van der Waals surface area contributed by atoms with Gasteiger partial charge in [0.25, 0.3) is 5.91 Å². The predicted molar refractivity (Wildman–Crippen MR) is 88.8 cm³/mol. The Morgan fingerprint density at radius 3 is 2.90 bits per heavy atom. The number of nitrogens with two attached hydrogens (primary N) is 1. The molecule has 2 rings (SSSR count). The minimum atomic E-state index is -0.716. The molecule has 0 fully saturated rings. The van der Waals surface area contributed by atoms with E-state index in [1.807, 2.05) is 18.2 Å². The topological polar surface area (TPSA) is 75.8 Å². The molecule has 0 aliphatic heterocycles. The van der Waals surface area contributed by atoms with Crippen LogP contribution in [-0.4, -0.2) is 49.3 Å². The Kier molecular flexibility index (Phi) is 5.21. The van der Waals surface area contributed by atoms with Crippen molar-refractivity contribution in [2.45, 2.75) is 6.10 Å². The lowest BCUT2D eigenvalue weighted by molar-refractivity contribution is 0.0382. The summed E-state index contributed by atoms with van der Waals surface area (Å²) in [4.78, 5) is 14.4. The van der Waals surface area contributed by atoms with E-state index in [9.17, 15) is 9.90 Å². The number of likely N-dealkylation sites (N-methyl/N-ethyl adjacent to an activating group) is 1. The first-order valence-electron chi connectivity index (χ1n) is 6.34. The molecule has 1 aromatic heterocycles. The minimum Gasteiger partial charge on any atom is -0.397 e. The second kappa shape index (κ2) is 6.74. The molecule has 0 saturated heterocycles. The molecular formula is C14H17BrN2O3S. The van der Waals surface area contributed by atoms with Gasteiger partial charge in [0.05, 0.1) is 18.4 Å². The van der Waals surface area contributed by atoms with E-state index in [4.69, 9.17) is 10.5 Å². The van der Waals surface area contributed by atoms with Gasteiger partial charge in [0.1, 0.15) is 4.88 Å². The van der Waals surface area contributed by atoms with E-state index in [1.54, 1.807) is 7.05 Å². The van der Waals surface area contributed by atoms with Crippen LogP contribution in [0.2, 0.25) is 0 Å². The van der Waals surface area contributed by atoms with Gasteiger partial charge in [-0.2, -0.15) is 0 Å². The minimum absolute atomic E-state index is 0.186. The molecule has 0 bridgehead atoms. The summed E-state index contributed by atoms with van der Waals surface area (Å²) in [5.41, 5.74) is 6.59. The molecule has 2 aromatic rings. The Bertz CT molecular complexity index is 659. The number of hydrogen-bond donors (Lipinski definition) is 2. The van der Waals surface area contributed by atoms with Crippen molar-refractivity contribution in [3.05, 3.63) is 27.5 Å². The van der Waals surface area contributed by atoms with Crippen LogP contribution in [-0.2, 0) is 4.74 Å². The second-order valence-corrected chi connectivity index (χ2v) is 6.66. The zero-order valence-electron chi connectivity index (χ0n) is 11.8. The number of nitrogen functional groups attached to an aromatic ring is 1. The third kappa shape index (κ3) is 3.37. The zero-order valence-corrected chi connectivity index (χ0v) is 14.2. The number of carbonyl (C=O) groups excluding carboxylic acids is 1. The molecule has 21 heavy (non-hydrogen) atoms. The largest absolute Gasteiger partial charge is 0.397 e. The summed E-state index contributed by atoms with van der Waals surface area (Å²) in [7, 11) is 3.15. The highest BCUT2D eigenvalue weighted by atomic mass is 79.9. The summed E-state index contributed by atoms with van der Waals surface area (Å²) in [5.74, 6) is -0.198. The number of thiophene rings is 1. The van der Waals surface area contributed by atoms with Crippen LogP contribution in [0.5, 0.6) is 0 Å². The van der Waals surface area contributed by atoms with Crippen LogP contribution in [0.15, 0.2) is 22.7 Å². The van der Waals surface area contributed by atoms with Crippen molar-refractivity contribution < 1.29 is 14.6 Å². The number of nitrogens with zero attached hydrogens (tertiary/aromatic N) is 1. The molecule has 0 saturated carbocycles. The summed E-state index contributed by atoms with van der Waals surface area (Å²) in [6, 6.07) is 5.73. The average molecular weight is 373 g/mol. The standard InChI is InChI=1S/C14H17BrN2O3S/c1-17(6-8(18)7-20-2)14(19)13-12(16)11-9(15)4-3-5-10(11)21-13/h3-5,8,18H,6-7,16H2,1-2H3. The molecule has 0 aliphatic carbocycles. The lowest BCUT2D eigenvalue weighted by Crippen LogP contribution is -2.36. The van der Waals surface area contributed by atoms with Gasteiger partial charge < -0.3 is 20.5 Å². The van der Waals surface area contributed by atoms with E-state index >= 15 is 0 Å². The third-order valence-corrected chi connectivity index (χ3v) is 4.91.